The Morgan fingerprint density at radius 3 is 1.05 bits per heavy atom. The van der Waals surface area contributed by atoms with Crippen LogP contribution in [0.5, 0.6) is 0 Å². The Morgan fingerprint density at radius 1 is 0.410 bits per heavy atom. The number of likely N-dealkylation sites (N-methyl/N-ethyl adjacent to an activating group) is 1. The second kappa shape index (κ2) is 64.7. The molecular formula is C74H142N2O6P+. The maximum Gasteiger partial charge on any atom is 0.472 e. The average molecular weight is 1190 g/mol. The highest BCUT2D eigenvalue weighted by atomic mass is 31.2. The Bertz CT molecular complexity index is 1540. The third kappa shape index (κ3) is 67.6. The molecule has 3 N–H and O–H groups in total. The van der Waals surface area contributed by atoms with Gasteiger partial charge >= 0.3 is 7.82 Å². The van der Waals surface area contributed by atoms with E-state index in [0.29, 0.717) is 17.4 Å². The van der Waals surface area contributed by atoms with Gasteiger partial charge < -0.3 is 19.8 Å². The monoisotopic (exact) mass is 1190 g/mol. The molecule has 3 atom stereocenters. The first-order valence-electron chi connectivity index (χ1n) is 36.2. The molecule has 0 spiro atoms. The summed E-state index contributed by atoms with van der Waals surface area (Å²) >= 11 is 0. The van der Waals surface area contributed by atoms with E-state index in [-0.39, 0.29) is 19.1 Å². The normalized spacial score (nSPS) is 14.0. The van der Waals surface area contributed by atoms with Crippen molar-refractivity contribution in [3.63, 3.8) is 0 Å². The van der Waals surface area contributed by atoms with E-state index in [2.05, 4.69) is 67.8 Å². The summed E-state index contributed by atoms with van der Waals surface area (Å²) in [5.74, 6) is -0.182. The Labute approximate surface area is 517 Å². The van der Waals surface area contributed by atoms with E-state index in [4.69, 9.17) is 9.05 Å². The van der Waals surface area contributed by atoms with E-state index in [9.17, 15) is 19.4 Å². The number of aliphatic hydroxyl groups is 1. The summed E-state index contributed by atoms with van der Waals surface area (Å²) in [5.41, 5.74) is 0. The molecule has 0 aliphatic heterocycles. The second-order valence-electron chi connectivity index (χ2n) is 26.0. The van der Waals surface area contributed by atoms with Crippen molar-refractivity contribution in [1.82, 2.24) is 5.32 Å². The second-order valence-corrected chi connectivity index (χ2v) is 27.4. The van der Waals surface area contributed by atoms with Crippen LogP contribution in [0, 0.1) is 0 Å². The molecule has 0 rings (SSSR count). The van der Waals surface area contributed by atoms with Gasteiger partial charge in [0.15, 0.2) is 0 Å². The van der Waals surface area contributed by atoms with Crippen LogP contribution < -0.4 is 5.32 Å². The van der Waals surface area contributed by atoms with E-state index in [1.165, 1.54) is 283 Å². The highest BCUT2D eigenvalue weighted by molar-refractivity contribution is 7.47. The molecule has 9 heteroatoms. The summed E-state index contributed by atoms with van der Waals surface area (Å²) in [4.78, 5) is 23.4. The first-order valence-corrected chi connectivity index (χ1v) is 37.7. The molecule has 1 amide bonds. The molecule has 0 aromatic heterocycles. The van der Waals surface area contributed by atoms with Crippen LogP contribution in [0.15, 0.2) is 60.8 Å². The molecule has 83 heavy (non-hydrogen) atoms. The third-order valence-electron chi connectivity index (χ3n) is 16.5. The van der Waals surface area contributed by atoms with E-state index >= 15 is 0 Å². The Balaban J connectivity index is 4.07. The number of unbranched alkanes of at least 4 members (excludes halogenated alkanes) is 46. The molecule has 0 radical (unpaired) electrons. The number of aliphatic hydroxyl groups excluding tert-OH is 1. The van der Waals surface area contributed by atoms with Gasteiger partial charge in [0.1, 0.15) is 13.2 Å². The smallest absolute Gasteiger partial charge is 0.387 e. The standard InChI is InChI=1S/C74H141N2O6P/c1-6-8-10-12-14-16-18-20-22-24-26-28-30-32-34-36-37-38-39-40-42-44-46-48-50-52-54-56-58-60-62-64-66-68-74(78)75-72(71-82-83(79,80)81-70-69-76(3,4)5)73(77)67-65-63-61-59-57-55-53-51-49-47-45-43-41-35-33-31-29-27-25-23-21-19-17-15-13-11-9-7-2/h18,20,24,26,30,32,57,59,65,67,72-73,77H,6-17,19,21-23,25,27-29,31,33-56,58,60-64,66,68-71H2,1-5H3,(H-,75,78,79,80)/p+1/b20-18-,26-24-,32-30-,59-57+,67-65+. The zero-order chi connectivity index (χ0) is 60.5. The first-order chi connectivity index (χ1) is 40.5. The summed E-state index contributed by atoms with van der Waals surface area (Å²) in [6.07, 6.45) is 89.5. The highest BCUT2D eigenvalue weighted by Gasteiger charge is 2.28. The van der Waals surface area contributed by atoms with Crippen LogP contribution in [0.1, 0.15) is 354 Å². The lowest BCUT2D eigenvalue weighted by Crippen LogP contribution is -2.45. The topological polar surface area (TPSA) is 105 Å². The number of rotatable bonds is 67. The van der Waals surface area contributed by atoms with Gasteiger partial charge in [-0.3, -0.25) is 13.8 Å². The van der Waals surface area contributed by atoms with Gasteiger partial charge in [0.05, 0.1) is 39.9 Å². The number of quaternary nitrogens is 1. The van der Waals surface area contributed by atoms with Crippen molar-refractivity contribution >= 4 is 13.7 Å². The van der Waals surface area contributed by atoms with Gasteiger partial charge in [0, 0.05) is 6.42 Å². The third-order valence-corrected chi connectivity index (χ3v) is 17.4. The molecule has 0 bridgehead atoms. The number of nitrogens with one attached hydrogen (secondary N) is 1. The van der Waals surface area contributed by atoms with E-state index in [1.54, 1.807) is 6.08 Å². The summed E-state index contributed by atoms with van der Waals surface area (Å²) in [7, 11) is 1.57. The van der Waals surface area contributed by atoms with Crippen molar-refractivity contribution in [3.8, 4) is 0 Å². The van der Waals surface area contributed by atoms with Crippen LogP contribution in [0.4, 0.5) is 0 Å². The van der Waals surface area contributed by atoms with Crippen molar-refractivity contribution in [1.29, 1.82) is 0 Å². The number of carbonyl (C=O) groups is 1. The summed E-state index contributed by atoms with van der Waals surface area (Å²) < 4.78 is 23.8. The SMILES string of the molecule is CCCCCCC/C=C\C/C=C\C/C=C\CCCCCCCCCCCCCCCCCCCCC(=O)NC(COP(=O)(O)OCC[N+](C)(C)C)C(O)/C=C/CC/C=C/CCCCCCCCCCCCCCCCCCCCCCCC. The highest BCUT2D eigenvalue weighted by Crippen LogP contribution is 2.43. The van der Waals surface area contributed by atoms with E-state index < -0.39 is 20.0 Å². The van der Waals surface area contributed by atoms with Gasteiger partial charge in [-0.1, -0.05) is 338 Å². The number of hydrogen-bond donors (Lipinski definition) is 3. The fraction of sp³-hybridized carbons (Fsp3) is 0.851. The van der Waals surface area contributed by atoms with Crippen LogP contribution in [0.2, 0.25) is 0 Å². The van der Waals surface area contributed by atoms with Crippen molar-refractivity contribution < 1.29 is 32.9 Å². The molecule has 0 aliphatic rings. The van der Waals surface area contributed by atoms with Gasteiger partial charge in [-0.05, 0) is 70.6 Å². The van der Waals surface area contributed by atoms with Crippen LogP contribution in [-0.4, -0.2) is 73.4 Å². The molecule has 0 heterocycles. The van der Waals surface area contributed by atoms with Crippen molar-refractivity contribution in [2.45, 2.75) is 366 Å². The summed E-state index contributed by atoms with van der Waals surface area (Å²) in [5, 5.41) is 14.0. The largest absolute Gasteiger partial charge is 0.472 e. The van der Waals surface area contributed by atoms with Crippen LogP contribution in [-0.2, 0) is 18.4 Å². The number of nitrogens with zero attached hydrogens (tertiary/aromatic N) is 1. The predicted molar refractivity (Wildman–Crippen MR) is 364 cm³/mol. The van der Waals surface area contributed by atoms with Gasteiger partial charge in [-0.15, -0.1) is 0 Å². The van der Waals surface area contributed by atoms with Crippen LogP contribution in [0.25, 0.3) is 0 Å². The molecule has 0 aliphatic carbocycles. The molecule has 0 aromatic rings. The molecule has 488 valence electrons. The van der Waals surface area contributed by atoms with Gasteiger partial charge in [0.25, 0.3) is 0 Å². The van der Waals surface area contributed by atoms with Gasteiger partial charge in [-0.25, -0.2) is 4.57 Å². The van der Waals surface area contributed by atoms with Gasteiger partial charge in [0.2, 0.25) is 5.91 Å². The van der Waals surface area contributed by atoms with Crippen molar-refractivity contribution in [2.24, 2.45) is 0 Å². The zero-order valence-corrected chi connectivity index (χ0v) is 56.8. The molecule has 0 aromatic carbocycles. The Hall–Kier alpha value is -1.80. The van der Waals surface area contributed by atoms with Gasteiger partial charge in [-0.2, -0.15) is 0 Å². The molecular weight excluding hydrogens is 1040 g/mol. The lowest BCUT2D eigenvalue weighted by Gasteiger charge is -2.25. The van der Waals surface area contributed by atoms with Crippen LogP contribution in [0.3, 0.4) is 0 Å². The molecule has 0 saturated carbocycles. The molecule has 0 saturated heterocycles. The Morgan fingerprint density at radius 2 is 0.699 bits per heavy atom. The fourth-order valence-corrected chi connectivity index (χ4v) is 11.6. The quantitative estimate of drug-likeness (QED) is 0.0243. The average Bonchev–Trinajstić information content (AvgIpc) is 3.49. The fourth-order valence-electron chi connectivity index (χ4n) is 10.8. The van der Waals surface area contributed by atoms with E-state index in [1.807, 2.05) is 27.2 Å². The first kappa shape index (κ1) is 81.2. The predicted octanol–water partition coefficient (Wildman–Crippen LogP) is 23.2. The maximum absolute atomic E-state index is 13.1. The lowest BCUT2D eigenvalue weighted by molar-refractivity contribution is -0.870. The minimum atomic E-state index is -4.36. The minimum absolute atomic E-state index is 0.0563. The van der Waals surface area contributed by atoms with Crippen LogP contribution >= 0.6 is 7.82 Å². The Kier molecular flexibility index (Phi) is 63.3. The van der Waals surface area contributed by atoms with Crippen molar-refractivity contribution in [2.75, 3.05) is 40.9 Å². The zero-order valence-electron chi connectivity index (χ0n) is 55.9. The maximum atomic E-state index is 13.1. The molecule has 0 fully saturated rings. The number of amides is 1. The van der Waals surface area contributed by atoms with E-state index in [0.717, 1.165) is 51.4 Å². The number of phosphoric ester groups is 1. The molecule has 3 unspecified atom stereocenters. The number of allylic oxidation sites excluding steroid dienone is 9. The number of hydrogen-bond acceptors (Lipinski definition) is 5. The number of phosphoric acid groups is 1. The number of carbonyl (C=O) groups excluding carboxylic acids is 1. The summed E-state index contributed by atoms with van der Waals surface area (Å²) in [6.45, 7) is 4.83. The minimum Gasteiger partial charge on any atom is -0.387 e. The lowest BCUT2D eigenvalue weighted by atomic mass is 10.0. The molecule has 8 nitrogen and oxygen atoms in total. The van der Waals surface area contributed by atoms with Crippen molar-refractivity contribution in [3.05, 3.63) is 60.8 Å². The summed E-state index contributed by atoms with van der Waals surface area (Å²) in [6, 6.07) is -0.866.